The van der Waals surface area contributed by atoms with Gasteiger partial charge in [-0.15, -0.1) is 0 Å². The summed E-state index contributed by atoms with van der Waals surface area (Å²) in [6.45, 7) is 2.52. The van der Waals surface area contributed by atoms with E-state index in [9.17, 15) is 4.79 Å². The Morgan fingerprint density at radius 2 is 2.38 bits per heavy atom. The molecule has 13 heavy (non-hydrogen) atoms. The molecule has 0 fully saturated rings. The predicted molar refractivity (Wildman–Crippen MR) is 52.9 cm³/mol. The molecule has 1 aliphatic heterocycles. The van der Waals surface area contributed by atoms with Crippen molar-refractivity contribution in [2.75, 3.05) is 17.2 Å². The topological polar surface area (TPSA) is 41.1 Å². The summed E-state index contributed by atoms with van der Waals surface area (Å²) in [6.07, 6.45) is 1.04. The number of carbonyl (C=O) groups is 1. The highest BCUT2D eigenvalue weighted by atomic mass is 16.1. The average molecular weight is 176 g/mol. The molecule has 2 rings (SSSR count). The van der Waals surface area contributed by atoms with E-state index in [-0.39, 0.29) is 5.91 Å². The zero-order valence-electron chi connectivity index (χ0n) is 7.55. The van der Waals surface area contributed by atoms with Crippen molar-refractivity contribution in [3.63, 3.8) is 0 Å². The molecule has 1 aliphatic rings. The van der Waals surface area contributed by atoms with Gasteiger partial charge in [0.25, 0.3) is 0 Å². The molecule has 0 saturated heterocycles. The van der Waals surface area contributed by atoms with E-state index in [1.165, 1.54) is 18.2 Å². The average Bonchev–Trinajstić information content (AvgIpc) is 2.49. The van der Waals surface area contributed by atoms with Crippen LogP contribution in [0, 0.1) is 0 Å². The molecule has 1 amide bonds. The third kappa shape index (κ3) is 1.64. The quantitative estimate of drug-likeness (QED) is 0.682. The minimum Gasteiger partial charge on any atom is -0.384 e. The summed E-state index contributed by atoms with van der Waals surface area (Å²) in [7, 11) is 0. The van der Waals surface area contributed by atoms with E-state index in [2.05, 4.69) is 10.6 Å². The van der Waals surface area contributed by atoms with Gasteiger partial charge in [0, 0.05) is 24.8 Å². The molecule has 3 heteroatoms. The van der Waals surface area contributed by atoms with Gasteiger partial charge in [-0.3, -0.25) is 4.79 Å². The first-order valence-corrected chi connectivity index (χ1v) is 4.40. The summed E-state index contributed by atoms with van der Waals surface area (Å²) in [5, 5.41) is 6.04. The lowest BCUT2D eigenvalue weighted by molar-refractivity contribution is -0.114. The Hall–Kier alpha value is -1.51. The Labute approximate surface area is 77.1 Å². The second-order valence-corrected chi connectivity index (χ2v) is 3.23. The largest absolute Gasteiger partial charge is 0.384 e. The number of carbonyl (C=O) groups excluding carboxylic acids is 1. The van der Waals surface area contributed by atoms with Gasteiger partial charge in [0.2, 0.25) is 5.91 Å². The zero-order chi connectivity index (χ0) is 9.26. The minimum absolute atomic E-state index is 0.0223. The fourth-order valence-electron chi connectivity index (χ4n) is 1.59. The van der Waals surface area contributed by atoms with Gasteiger partial charge in [-0.1, -0.05) is 0 Å². The SMILES string of the molecule is CC(=O)Nc1ccc2c(c1)CCN2. The highest BCUT2D eigenvalue weighted by molar-refractivity contribution is 5.89. The molecule has 0 aromatic heterocycles. The Morgan fingerprint density at radius 3 is 3.15 bits per heavy atom. The monoisotopic (exact) mass is 176 g/mol. The van der Waals surface area contributed by atoms with E-state index in [4.69, 9.17) is 0 Å². The fourth-order valence-corrected chi connectivity index (χ4v) is 1.59. The van der Waals surface area contributed by atoms with Crippen LogP contribution in [0.25, 0.3) is 0 Å². The number of hydrogen-bond acceptors (Lipinski definition) is 2. The first-order chi connectivity index (χ1) is 6.25. The van der Waals surface area contributed by atoms with Crippen LogP contribution in [0.2, 0.25) is 0 Å². The first-order valence-electron chi connectivity index (χ1n) is 4.40. The van der Waals surface area contributed by atoms with Gasteiger partial charge in [0.05, 0.1) is 0 Å². The van der Waals surface area contributed by atoms with E-state index in [1.807, 2.05) is 18.2 Å². The van der Waals surface area contributed by atoms with Crippen LogP contribution in [0.1, 0.15) is 12.5 Å². The predicted octanol–water partition coefficient (Wildman–Crippen LogP) is 1.61. The molecule has 1 aromatic carbocycles. The van der Waals surface area contributed by atoms with Gasteiger partial charge in [-0.05, 0) is 30.2 Å². The standard InChI is InChI=1S/C10H12N2O/c1-7(13)12-9-2-3-10-8(6-9)4-5-11-10/h2-3,6,11H,4-5H2,1H3,(H,12,13). The summed E-state index contributed by atoms with van der Waals surface area (Å²) >= 11 is 0. The molecule has 0 saturated carbocycles. The van der Waals surface area contributed by atoms with E-state index in [1.54, 1.807) is 0 Å². The Bertz CT molecular complexity index is 347. The molecule has 0 radical (unpaired) electrons. The van der Waals surface area contributed by atoms with Crippen molar-refractivity contribution in [1.82, 2.24) is 0 Å². The number of hydrogen-bond donors (Lipinski definition) is 2. The highest BCUT2D eigenvalue weighted by Crippen LogP contribution is 2.24. The van der Waals surface area contributed by atoms with Crippen LogP contribution >= 0.6 is 0 Å². The molecule has 0 aliphatic carbocycles. The van der Waals surface area contributed by atoms with Gasteiger partial charge in [-0.25, -0.2) is 0 Å². The number of nitrogens with one attached hydrogen (secondary N) is 2. The van der Waals surface area contributed by atoms with Gasteiger partial charge < -0.3 is 10.6 Å². The lowest BCUT2D eigenvalue weighted by Gasteiger charge is -2.04. The smallest absolute Gasteiger partial charge is 0.221 e. The molecule has 0 bridgehead atoms. The third-order valence-electron chi connectivity index (χ3n) is 2.14. The first kappa shape index (κ1) is 8.10. The second-order valence-electron chi connectivity index (χ2n) is 3.23. The Kier molecular flexibility index (Phi) is 1.93. The number of amides is 1. The maximum absolute atomic E-state index is 10.8. The van der Waals surface area contributed by atoms with Gasteiger partial charge in [0.15, 0.2) is 0 Å². The summed E-state index contributed by atoms with van der Waals surface area (Å²) in [6, 6.07) is 5.95. The molecule has 1 aromatic rings. The lowest BCUT2D eigenvalue weighted by atomic mass is 10.1. The van der Waals surface area contributed by atoms with Crippen molar-refractivity contribution < 1.29 is 4.79 Å². The van der Waals surface area contributed by atoms with Crippen LogP contribution in [0.15, 0.2) is 18.2 Å². The number of fused-ring (bicyclic) bond motifs is 1. The van der Waals surface area contributed by atoms with Crippen LogP contribution in [0.5, 0.6) is 0 Å². The van der Waals surface area contributed by atoms with Crippen molar-refractivity contribution in [2.45, 2.75) is 13.3 Å². The van der Waals surface area contributed by atoms with Crippen molar-refractivity contribution in [3.8, 4) is 0 Å². The molecule has 0 spiro atoms. The van der Waals surface area contributed by atoms with Crippen LogP contribution in [0.3, 0.4) is 0 Å². The summed E-state index contributed by atoms with van der Waals surface area (Å²) < 4.78 is 0. The summed E-state index contributed by atoms with van der Waals surface area (Å²) in [5.74, 6) is -0.0223. The van der Waals surface area contributed by atoms with Crippen molar-refractivity contribution in [2.24, 2.45) is 0 Å². The van der Waals surface area contributed by atoms with Crippen LogP contribution in [-0.4, -0.2) is 12.5 Å². The molecular formula is C10H12N2O. The molecular weight excluding hydrogens is 164 g/mol. The molecule has 0 atom stereocenters. The van der Waals surface area contributed by atoms with Crippen molar-refractivity contribution in [1.29, 1.82) is 0 Å². The van der Waals surface area contributed by atoms with Crippen molar-refractivity contribution in [3.05, 3.63) is 23.8 Å². The summed E-state index contributed by atoms with van der Waals surface area (Å²) in [4.78, 5) is 10.8. The maximum Gasteiger partial charge on any atom is 0.221 e. The Morgan fingerprint density at radius 1 is 1.54 bits per heavy atom. The van der Waals surface area contributed by atoms with E-state index in [0.29, 0.717) is 0 Å². The Balaban J connectivity index is 2.25. The van der Waals surface area contributed by atoms with Crippen LogP contribution < -0.4 is 10.6 Å². The second kappa shape index (κ2) is 3.09. The third-order valence-corrected chi connectivity index (χ3v) is 2.14. The number of rotatable bonds is 1. The molecule has 0 unspecified atom stereocenters. The normalized spacial score (nSPS) is 13.3. The molecule has 2 N–H and O–H groups in total. The van der Waals surface area contributed by atoms with Crippen LogP contribution in [-0.2, 0) is 11.2 Å². The zero-order valence-corrected chi connectivity index (χ0v) is 7.55. The van der Waals surface area contributed by atoms with Gasteiger partial charge in [0.1, 0.15) is 0 Å². The molecule has 68 valence electrons. The highest BCUT2D eigenvalue weighted by Gasteiger charge is 2.09. The maximum atomic E-state index is 10.8. The van der Waals surface area contributed by atoms with E-state index >= 15 is 0 Å². The number of anilines is 2. The van der Waals surface area contributed by atoms with E-state index < -0.39 is 0 Å². The lowest BCUT2D eigenvalue weighted by Crippen LogP contribution is -2.05. The van der Waals surface area contributed by atoms with Crippen LogP contribution in [0.4, 0.5) is 11.4 Å². The van der Waals surface area contributed by atoms with Gasteiger partial charge in [-0.2, -0.15) is 0 Å². The fraction of sp³-hybridized carbons (Fsp3) is 0.300. The van der Waals surface area contributed by atoms with Crippen molar-refractivity contribution >= 4 is 17.3 Å². The minimum atomic E-state index is -0.0223. The molecule has 3 nitrogen and oxygen atoms in total. The molecule has 1 heterocycles. The van der Waals surface area contributed by atoms with Gasteiger partial charge >= 0.3 is 0 Å². The van der Waals surface area contributed by atoms with E-state index in [0.717, 1.165) is 18.7 Å². The number of benzene rings is 1. The summed E-state index contributed by atoms with van der Waals surface area (Å²) in [5.41, 5.74) is 3.36.